The van der Waals surface area contributed by atoms with Crippen LogP contribution in [0.2, 0.25) is 0 Å². The van der Waals surface area contributed by atoms with E-state index in [1.165, 1.54) is 18.2 Å². The van der Waals surface area contributed by atoms with Crippen LogP contribution in [0.4, 0.5) is 5.82 Å². The molecule has 1 aliphatic rings. The van der Waals surface area contributed by atoms with Crippen molar-refractivity contribution in [1.29, 1.82) is 0 Å². The molecule has 198 valence electrons. The van der Waals surface area contributed by atoms with Crippen LogP contribution >= 0.6 is 0 Å². The Balaban J connectivity index is 0.00000400. The van der Waals surface area contributed by atoms with Crippen molar-refractivity contribution in [2.45, 2.75) is 57.5 Å². The highest BCUT2D eigenvalue weighted by atomic mass is 32.2. The van der Waals surface area contributed by atoms with E-state index < -0.39 is 21.5 Å². The average molecular weight is 528 g/mol. The van der Waals surface area contributed by atoms with Crippen molar-refractivity contribution in [3.63, 3.8) is 0 Å². The number of carbonyl (C=O) groups excluding carboxylic acids is 1. The number of fused-ring (bicyclic) bond motifs is 1. The van der Waals surface area contributed by atoms with Crippen LogP contribution in [-0.4, -0.2) is 41.9 Å². The van der Waals surface area contributed by atoms with Gasteiger partial charge in [0.2, 0.25) is 5.88 Å². The first kappa shape index (κ1) is 26.4. The summed E-state index contributed by atoms with van der Waals surface area (Å²) in [7, 11) is -4.27. The highest BCUT2D eigenvalue weighted by molar-refractivity contribution is 7.90. The topological polar surface area (TPSA) is 137 Å². The normalized spacial score (nSPS) is 17.4. The average Bonchev–Trinajstić information content (AvgIpc) is 3.13. The summed E-state index contributed by atoms with van der Waals surface area (Å²) in [6.07, 6.45) is 1.68. The third-order valence-electron chi connectivity index (χ3n) is 6.16. The number of carbonyl (C=O) groups is 1. The molecule has 1 aromatic carbocycles. The molecule has 3 heterocycles. The van der Waals surface area contributed by atoms with E-state index in [4.69, 9.17) is 15.2 Å². The lowest BCUT2D eigenvalue weighted by Gasteiger charge is -2.34. The van der Waals surface area contributed by atoms with Gasteiger partial charge < -0.3 is 15.2 Å². The molecule has 0 radical (unpaired) electrons. The second-order valence-electron chi connectivity index (χ2n) is 9.15. The maximum atomic E-state index is 13.8. The summed E-state index contributed by atoms with van der Waals surface area (Å²) in [4.78, 5) is 23.9. The number of rotatable bonds is 9. The van der Waals surface area contributed by atoms with Crippen molar-refractivity contribution >= 4 is 21.7 Å². The number of nitrogens with one attached hydrogen (secondary N) is 1. The lowest BCUT2D eigenvalue weighted by molar-refractivity contribution is -0.131. The fraction of sp³-hybridized carbons (Fsp3) is 0.346. The van der Waals surface area contributed by atoms with Crippen LogP contribution in [0.15, 0.2) is 59.8 Å². The molecule has 2 aromatic heterocycles. The van der Waals surface area contributed by atoms with Crippen LogP contribution in [0.1, 0.15) is 45.8 Å². The van der Waals surface area contributed by atoms with Crippen LogP contribution in [-0.2, 0) is 33.4 Å². The molecule has 0 aliphatic carbocycles. The van der Waals surface area contributed by atoms with Gasteiger partial charge in [0.25, 0.3) is 15.9 Å². The number of ether oxygens (including phenoxy) is 2. The van der Waals surface area contributed by atoms with Gasteiger partial charge in [-0.25, -0.2) is 14.7 Å². The van der Waals surface area contributed by atoms with Crippen LogP contribution in [0, 0.1) is 0 Å². The van der Waals surface area contributed by atoms with Crippen LogP contribution in [0.3, 0.4) is 0 Å². The fourth-order valence-corrected chi connectivity index (χ4v) is 5.40. The second kappa shape index (κ2) is 10.3. The molecule has 0 fully saturated rings. The second-order valence-corrected chi connectivity index (χ2v) is 10.8. The van der Waals surface area contributed by atoms with E-state index in [1.807, 2.05) is 43.9 Å². The fourth-order valence-electron chi connectivity index (χ4n) is 4.36. The lowest BCUT2D eigenvalue weighted by Crippen LogP contribution is -2.52. The lowest BCUT2D eigenvalue weighted by atomic mass is 9.90. The van der Waals surface area contributed by atoms with Gasteiger partial charge in [-0.05, 0) is 57.0 Å². The number of benzene rings is 1. The van der Waals surface area contributed by atoms with Gasteiger partial charge in [0.15, 0.2) is 5.03 Å². The van der Waals surface area contributed by atoms with E-state index in [0.29, 0.717) is 36.9 Å². The molecule has 0 saturated heterocycles. The number of anilines is 1. The highest BCUT2D eigenvalue weighted by Crippen LogP contribution is 2.44. The molecule has 0 bridgehead atoms. The molecule has 37 heavy (non-hydrogen) atoms. The van der Waals surface area contributed by atoms with E-state index in [2.05, 4.69) is 14.7 Å². The Morgan fingerprint density at radius 2 is 1.97 bits per heavy atom. The third kappa shape index (κ3) is 5.37. The molecule has 3 N–H and O–H groups in total. The van der Waals surface area contributed by atoms with E-state index >= 15 is 0 Å². The van der Waals surface area contributed by atoms with Crippen molar-refractivity contribution in [2.24, 2.45) is 0 Å². The number of sulfonamides is 1. The highest BCUT2D eigenvalue weighted by Gasteiger charge is 2.49. The maximum absolute atomic E-state index is 13.8. The van der Waals surface area contributed by atoms with Gasteiger partial charge in [-0.2, -0.15) is 8.42 Å². The molecule has 3 aromatic rings. The monoisotopic (exact) mass is 527 g/mol. The zero-order chi connectivity index (χ0) is 26.8. The predicted octanol–water partition coefficient (Wildman–Crippen LogP) is 3.23. The first-order valence-electron chi connectivity index (χ1n) is 12.0. The summed E-state index contributed by atoms with van der Waals surface area (Å²) in [5.74, 6) is 0.481. The first-order chi connectivity index (χ1) is 17.5. The molecule has 1 atom stereocenters. The van der Waals surface area contributed by atoms with Crippen molar-refractivity contribution < 1.29 is 24.1 Å². The Labute approximate surface area is 218 Å². The molecular formula is C26H33N5O5S. The number of hydrogen-bond donors (Lipinski definition) is 2. The van der Waals surface area contributed by atoms with Crippen LogP contribution < -0.4 is 19.9 Å². The summed E-state index contributed by atoms with van der Waals surface area (Å²) in [6, 6.07) is 13.3. The van der Waals surface area contributed by atoms with Crippen molar-refractivity contribution in [3.8, 4) is 11.6 Å². The number of aromatic nitrogens is 2. The van der Waals surface area contributed by atoms with Gasteiger partial charge in [0, 0.05) is 32.3 Å². The van der Waals surface area contributed by atoms with Gasteiger partial charge in [-0.1, -0.05) is 24.3 Å². The number of nitrogens with two attached hydrogens (primary N) is 1. The summed E-state index contributed by atoms with van der Waals surface area (Å²) in [5, 5.41) is -0.331. The molecule has 1 amide bonds. The van der Waals surface area contributed by atoms with Gasteiger partial charge in [0.05, 0.1) is 12.7 Å². The Morgan fingerprint density at radius 1 is 1.22 bits per heavy atom. The standard InChI is InChI=1S/C26H31N5O5S.H2/c1-5-35-21-9-6-8-20-19(21)16-31(15-18-12-13-23(28-14-18)36-17(2)3)26(20,4)25(32)30-37(33,34)24-11-7-10-22(27)29-24;/h6-14,17H,5,15-16H2,1-4H3,(H2,27,29)(H,30,32);1H. The van der Waals surface area contributed by atoms with Crippen molar-refractivity contribution in [3.05, 3.63) is 71.4 Å². The summed E-state index contributed by atoms with van der Waals surface area (Å²) >= 11 is 0. The summed E-state index contributed by atoms with van der Waals surface area (Å²) in [5.41, 5.74) is 6.66. The number of hydrogen-bond acceptors (Lipinski definition) is 9. The van der Waals surface area contributed by atoms with Crippen LogP contribution in [0.5, 0.6) is 11.6 Å². The summed E-state index contributed by atoms with van der Waals surface area (Å²) < 4.78 is 39.8. The number of nitrogens with zero attached hydrogens (tertiary/aromatic N) is 3. The molecule has 0 spiro atoms. The predicted molar refractivity (Wildman–Crippen MR) is 140 cm³/mol. The van der Waals surface area contributed by atoms with E-state index in [-0.39, 0.29) is 18.4 Å². The number of amides is 1. The minimum absolute atomic E-state index is 0. The van der Waals surface area contributed by atoms with Crippen LogP contribution in [0.25, 0.3) is 0 Å². The van der Waals surface area contributed by atoms with Gasteiger partial charge >= 0.3 is 0 Å². The number of pyridine rings is 2. The zero-order valence-corrected chi connectivity index (χ0v) is 22.1. The van der Waals surface area contributed by atoms with Gasteiger partial charge in [0.1, 0.15) is 17.1 Å². The third-order valence-corrected chi connectivity index (χ3v) is 7.39. The first-order valence-corrected chi connectivity index (χ1v) is 13.4. The van der Waals surface area contributed by atoms with Crippen molar-refractivity contribution in [1.82, 2.24) is 19.6 Å². The summed E-state index contributed by atoms with van der Waals surface area (Å²) in [6.45, 7) is 8.59. The molecule has 11 heteroatoms. The zero-order valence-electron chi connectivity index (χ0n) is 21.3. The Kier molecular flexibility index (Phi) is 7.37. The molecule has 1 unspecified atom stereocenters. The van der Waals surface area contributed by atoms with E-state index in [9.17, 15) is 13.2 Å². The quantitative estimate of drug-likeness (QED) is 0.430. The van der Waals surface area contributed by atoms with E-state index in [1.54, 1.807) is 25.3 Å². The Morgan fingerprint density at radius 3 is 2.62 bits per heavy atom. The van der Waals surface area contributed by atoms with Crippen molar-refractivity contribution in [2.75, 3.05) is 12.3 Å². The smallest absolute Gasteiger partial charge is 0.281 e. The largest absolute Gasteiger partial charge is 0.494 e. The molecule has 10 nitrogen and oxygen atoms in total. The molecule has 4 rings (SSSR count). The van der Waals surface area contributed by atoms with Gasteiger partial charge in [-0.15, -0.1) is 0 Å². The van der Waals surface area contributed by atoms with Gasteiger partial charge in [-0.3, -0.25) is 9.69 Å². The van der Waals surface area contributed by atoms with E-state index in [0.717, 1.165) is 11.1 Å². The minimum Gasteiger partial charge on any atom is -0.494 e. The maximum Gasteiger partial charge on any atom is 0.281 e. The minimum atomic E-state index is -4.27. The number of nitrogen functional groups attached to an aromatic ring is 1. The molecule has 1 aliphatic heterocycles. The molecule has 0 saturated carbocycles. The Hall–Kier alpha value is -3.70. The molecular weight excluding hydrogens is 494 g/mol. The Bertz CT molecular complexity index is 1400. The SMILES string of the molecule is CCOc1cccc2c1CN(Cc1ccc(OC(C)C)nc1)C2(C)C(=O)NS(=O)(=O)c1cccc(N)n1.[HH].